The first-order valence-corrected chi connectivity index (χ1v) is 7.23. The second-order valence-corrected chi connectivity index (χ2v) is 4.91. The van der Waals surface area contributed by atoms with Gasteiger partial charge in [-0.3, -0.25) is 0 Å². The molecule has 1 heterocycles. The van der Waals surface area contributed by atoms with Gasteiger partial charge in [0.25, 0.3) is 0 Å². The van der Waals surface area contributed by atoms with Crippen molar-refractivity contribution in [1.29, 1.82) is 0 Å². The minimum absolute atomic E-state index is 0.264. The van der Waals surface area contributed by atoms with Crippen molar-refractivity contribution in [2.45, 2.75) is 6.54 Å². The number of hydrogen-bond donors (Lipinski definition) is 2. The maximum Gasteiger partial charge on any atom is 0.319 e. The summed E-state index contributed by atoms with van der Waals surface area (Å²) in [4.78, 5) is 11.9. The van der Waals surface area contributed by atoms with Gasteiger partial charge in [0.1, 0.15) is 11.3 Å². The van der Waals surface area contributed by atoms with E-state index in [4.69, 9.17) is 4.74 Å². The molecule has 7 nitrogen and oxygen atoms in total. The van der Waals surface area contributed by atoms with Gasteiger partial charge < -0.3 is 15.4 Å². The number of carbonyl (C=O) groups is 1. The number of rotatable bonds is 5. The van der Waals surface area contributed by atoms with Crippen molar-refractivity contribution in [1.82, 2.24) is 20.3 Å². The number of nitrogens with zero attached hydrogens (tertiary/aromatic N) is 3. The second-order valence-electron chi connectivity index (χ2n) is 4.91. The Morgan fingerprint density at radius 3 is 2.74 bits per heavy atom. The van der Waals surface area contributed by atoms with Crippen molar-refractivity contribution in [3.8, 4) is 5.75 Å². The molecule has 3 aromatic rings. The van der Waals surface area contributed by atoms with Crippen LogP contribution in [0.5, 0.6) is 5.75 Å². The summed E-state index contributed by atoms with van der Waals surface area (Å²) in [5.74, 6) is 0.744. The quantitative estimate of drug-likeness (QED) is 0.757. The molecule has 0 saturated carbocycles. The highest BCUT2D eigenvalue weighted by Crippen LogP contribution is 2.14. The predicted octanol–water partition coefficient (Wildman–Crippen LogP) is 2.26. The Kier molecular flexibility index (Phi) is 4.37. The Hall–Kier alpha value is -3.09. The van der Waals surface area contributed by atoms with Crippen molar-refractivity contribution in [2.24, 2.45) is 0 Å². The molecule has 2 amide bonds. The van der Waals surface area contributed by atoms with Crippen LogP contribution in [0.3, 0.4) is 0 Å². The van der Waals surface area contributed by atoms with Crippen LogP contribution in [0.1, 0.15) is 0 Å². The fraction of sp³-hybridized carbons (Fsp3) is 0.188. The molecule has 0 atom stereocenters. The first-order valence-electron chi connectivity index (χ1n) is 7.23. The molecule has 0 aliphatic carbocycles. The highest BCUT2D eigenvalue weighted by molar-refractivity contribution is 5.89. The largest absolute Gasteiger partial charge is 0.497 e. The van der Waals surface area contributed by atoms with Gasteiger partial charge in [0, 0.05) is 12.2 Å². The lowest BCUT2D eigenvalue weighted by Crippen LogP contribution is -2.31. The minimum atomic E-state index is -0.264. The number of aromatic nitrogens is 3. The maximum absolute atomic E-state index is 11.9. The van der Waals surface area contributed by atoms with Crippen LogP contribution < -0.4 is 15.4 Å². The van der Waals surface area contributed by atoms with Crippen molar-refractivity contribution >= 4 is 22.8 Å². The number of urea groups is 1. The van der Waals surface area contributed by atoms with Crippen LogP contribution in [0.4, 0.5) is 10.5 Å². The van der Waals surface area contributed by atoms with E-state index in [-0.39, 0.29) is 6.03 Å². The molecule has 1 aromatic heterocycles. The van der Waals surface area contributed by atoms with E-state index >= 15 is 0 Å². The first kappa shape index (κ1) is 14.8. The zero-order valence-corrected chi connectivity index (χ0v) is 12.7. The molecule has 23 heavy (non-hydrogen) atoms. The lowest BCUT2D eigenvalue weighted by Gasteiger charge is -2.08. The summed E-state index contributed by atoms with van der Waals surface area (Å²) in [5, 5.41) is 13.7. The summed E-state index contributed by atoms with van der Waals surface area (Å²) < 4.78 is 6.84. The topological polar surface area (TPSA) is 81.1 Å². The SMILES string of the molecule is COc1ccc(NC(=O)NCCn2nnc3ccccc32)cc1. The summed E-state index contributed by atoms with van der Waals surface area (Å²) in [7, 11) is 1.60. The van der Waals surface area contributed by atoms with Crippen LogP contribution in [-0.2, 0) is 6.54 Å². The van der Waals surface area contributed by atoms with Crippen molar-refractivity contribution in [3.05, 3.63) is 48.5 Å². The molecule has 0 radical (unpaired) electrons. The molecule has 2 N–H and O–H groups in total. The molecular weight excluding hydrogens is 294 g/mol. The molecule has 2 aromatic carbocycles. The summed E-state index contributed by atoms with van der Waals surface area (Å²) in [6, 6.07) is 14.6. The third kappa shape index (κ3) is 3.57. The number of para-hydroxylation sites is 1. The molecule has 0 aliphatic heterocycles. The minimum Gasteiger partial charge on any atom is -0.497 e. The molecule has 0 saturated heterocycles. The van der Waals surface area contributed by atoms with Gasteiger partial charge in [-0.1, -0.05) is 17.3 Å². The van der Waals surface area contributed by atoms with Crippen LogP contribution in [0.25, 0.3) is 11.0 Å². The standard InChI is InChI=1S/C16H17N5O2/c1-23-13-8-6-12(7-9-13)18-16(22)17-10-11-21-15-5-3-2-4-14(15)19-20-21/h2-9H,10-11H2,1H3,(H2,17,18,22). The first-order chi connectivity index (χ1) is 11.3. The number of benzene rings is 2. The summed E-state index contributed by atoms with van der Waals surface area (Å²) in [5.41, 5.74) is 2.49. The van der Waals surface area contributed by atoms with E-state index in [1.807, 2.05) is 24.3 Å². The van der Waals surface area contributed by atoms with Crippen LogP contribution in [-0.4, -0.2) is 34.7 Å². The van der Waals surface area contributed by atoms with Gasteiger partial charge in [0.15, 0.2) is 0 Å². The average molecular weight is 311 g/mol. The van der Waals surface area contributed by atoms with Crippen molar-refractivity contribution in [2.75, 3.05) is 19.0 Å². The zero-order chi connectivity index (χ0) is 16.1. The highest BCUT2D eigenvalue weighted by Gasteiger charge is 2.05. The van der Waals surface area contributed by atoms with Gasteiger partial charge in [-0.15, -0.1) is 5.10 Å². The number of methoxy groups -OCH3 is 1. The van der Waals surface area contributed by atoms with Crippen LogP contribution in [0.15, 0.2) is 48.5 Å². The molecule has 0 fully saturated rings. The fourth-order valence-electron chi connectivity index (χ4n) is 2.21. The van der Waals surface area contributed by atoms with Gasteiger partial charge in [-0.05, 0) is 36.4 Å². The van der Waals surface area contributed by atoms with E-state index in [1.54, 1.807) is 36.1 Å². The van der Waals surface area contributed by atoms with Gasteiger partial charge in [-0.25, -0.2) is 9.48 Å². The van der Waals surface area contributed by atoms with Gasteiger partial charge in [0.05, 0.1) is 19.2 Å². The fourth-order valence-corrected chi connectivity index (χ4v) is 2.21. The highest BCUT2D eigenvalue weighted by atomic mass is 16.5. The number of hydrogen-bond acceptors (Lipinski definition) is 4. The molecule has 3 rings (SSSR count). The number of amides is 2. The Morgan fingerprint density at radius 1 is 1.17 bits per heavy atom. The third-order valence-corrected chi connectivity index (χ3v) is 3.38. The van der Waals surface area contributed by atoms with E-state index in [2.05, 4.69) is 20.9 Å². The number of ether oxygens (including phenoxy) is 1. The third-order valence-electron chi connectivity index (χ3n) is 3.38. The summed E-state index contributed by atoms with van der Waals surface area (Å²) >= 11 is 0. The lowest BCUT2D eigenvalue weighted by molar-refractivity contribution is 0.251. The molecule has 0 bridgehead atoms. The number of anilines is 1. The Balaban J connectivity index is 1.51. The summed E-state index contributed by atoms with van der Waals surface area (Å²) in [6.07, 6.45) is 0. The summed E-state index contributed by atoms with van der Waals surface area (Å²) in [6.45, 7) is 1.01. The van der Waals surface area contributed by atoms with E-state index < -0.39 is 0 Å². The Labute approximate surface area is 133 Å². The average Bonchev–Trinajstić information content (AvgIpc) is 2.99. The monoisotopic (exact) mass is 311 g/mol. The van der Waals surface area contributed by atoms with E-state index in [0.717, 1.165) is 16.8 Å². The van der Waals surface area contributed by atoms with Gasteiger partial charge in [0.2, 0.25) is 0 Å². The van der Waals surface area contributed by atoms with Gasteiger partial charge in [-0.2, -0.15) is 0 Å². The molecule has 0 aliphatic rings. The van der Waals surface area contributed by atoms with Crippen LogP contribution in [0, 0.1) is 0 Å². The van der Waals surface area contributed by atoms with Crippen molar-refractivity contribution < 1.29 is 9.53 Å². The molecule has 0 spiro atoms. The van der Waals surface area contributed by atoms with E-state index in [1.165, 1.54) is 0 Å². The van der Waals surface area contributed by atoms with E-state index in [9.17, 15) is 4.79 Å². The molecule has 0 unspecified atom stereocenters. The number of nitrogens with one attached hydrogen (secondary N) is 2. The Morgan fingerprint density at radius 2 is 1.96 bits per heavy atom. The van der Waals surface area contributed by atoms with E-state index in [0.29, 0.717) is 18.8 Å². The van der Waals surface area contributed by atoms with Crippen molar-refractivity contribution in [3.63, 3.8) is 0 Å². The number of carbonyl (C=O) groups excluding carboxylic acids is 1. The molecular formula is C16H17N5O2. The molecule has 7 heteroatoms. The number of fused-ring (bicyclic) bond motifs is 1. The second kappa shape index (κ2) is 6.78. The van der Waals surface area contributed by atoms with Crippen LogP contribution in [0.2, 0.25) is 0 Å². The smallest absolute Gasteiger partial charge is 0.319 e. The zero-order valence-electron chi connectivity index (χ0n) is 12.7. The van der Waals surface area contributed by atoms with Crippen LogP contribution >= 0.6 is 0 Å². The maximum atomic E-state index is 11.9. The molecule has 118 valence electrons. The normalized spacial score (nSPS) is 10.5. The van der Waals surface area contributed by atoms with Gasteiger partial charge >= 0.3 is 6.03 Å². The lowest BCUT2D eigenvalue weighted by atomic mass is 10.3. The Bertz CT molecular complexity index is 798. The predicted molar refractivity (Wildman–Crippen MR) is 87.5 cm³/mol.